The van der Waals surface area contributed by atoms with Crippen molar-refractivity contribution in [3.05, 3.63) is 198 Å². The van der Waals surface area contributed by atoms with Gasteiger partial charge in [0.15, 0.2) is 0 Å². The average Bonchev–Trinajstić information content (AvgIpc) is 3.61. The molecule has 0 atom stereocenters. The lowest BCUT2D eigenvalue weighted by Crippen LogP contribution is -2.17. The van der Waals surface area contributed by atoms with Crippen LogP contribution in [0.4, 0.5) is 17.1 Å². The predicted molar refractivity (Wildman–Crippen MR) is 234 cm³/mol. The first-order valence-corrected chi connectivity index (χ1v) is 19.5. The third kappa shape index (κ3) is 4.47. The number of nitrogens with zero attached hydrogens (tertiary/aromatic N) is 1. The number of anilines is 3. The predicted octanol–water partition coefficient (Wildman–Crippen LogP) is 14.9. The summed E-state index contributed by atoms with van der Waals surface area (Å²) in [6, 6.07) is 65.8. The van der Waals surface area contributed by atoms with Crippen LogP contribution in [0.3, 0.4) is 0 Å². The number of hydrogen-bond donors (Lipinski definition) is 0. The number of rotatable bonds is 4. The first-order valence-electron chi connectivity index (χ1n) is 19.5. The highest BCUT2D eigenvalue weighted by atomic mass is 15.1. The molecule has 9 aromatic rings. The van der Waals surface area contributed by atoms with Crippen LogP contribution in [0.2, 0.25) is 0 Å². The third-order valence-electron chi connectivity index (χ3n) is 12.8. The van der Waals surface area contributed by atoms with Gasteiger partial charge in [-0.1, -0.05) is 179 Å². The Hall–Kier alpha value is -6.44. The molecule has 2 aliphatic rings. The minimum absolute atomic E-state index is 0.105. The van der Waals surface area contributed by atoms with Crippen molar-refractivity contribution in [2.45, 2.75) is 38.5 Å². The van der Waals surface area contributed by atoms with Crippen molar-refractivity contribution in [2.24, 2.45) is 0 Å². The van der Waals surface area contributed by atoms with Gasteiger partial charge in [0.05, 0.1) is 11.4 Å². The topological polar surface area (TPSA) is 3.24 Å². The number of fused-ring (bicyclic) bond motifs is 11. The fourth-order valence-electron chi connectivity index (χ4n) is 10.2. The molecular formula is C54H41N. The van der Waals surface area contributed by atoms with E-state index in [0.717, 1.165) is 5.69 Å². The monoisotopic (exact) mass is 703 g/mol. The van der Waals surface area contributed by atoms with Gasteiger partial charge < -0.3 is 4.90 Å². The lowest BCUT2D eigenvalue weighted by atomic mass is 9.82. The van der Waals surface area contributed by atoms with Crippen LogP contribution in [0.15, 0.2) is 176 Å². The molecule has 0 amide bonds. The lowest BCUT2D eigenvalue weighted by Gasteiger charge is -2.31. The van der Waals surface area contributed by atoms with Crippen molar-refractivity contribution < 1.29 is 0 Å². The van der Waals surface area contributed by atoms with Crippen LogP contribution >= 0.6 is 0 Å². The number of hydrogen-bond acceptors (Lipinski definition) is 1. The molecule has 0 fully saturated rings. The molecule has 0 saturated carbocycles. The molecule has 0 bridgehead atoms. The van der Waals surface area contributed by atoms with Crippen LogP contribution in [-0.2, 0) is 10.8 Å². The highest BCUT2D eigenvalue weighted by Crippen LogP contribution is 2.58. The van der Waals surface area contributed by atoms with Crippen LogP contribution in [0, 0.1) is 0 Å². The first kappa shape index (κ1) is 32.0. The molecule has 55 heavy (non-hydrogen) atoms. The fraction of sp³-hybridized carbons (Fsp3) is 0.111. The van der Waals surface area contributed by atoms with Crippen molar-refractivity contribution in [3.8, 4) is 33.4 Å². The zero-order valence-electron chi connectivity index (χ0n) is 31.7. The van der Waals surface area contributed by atoms with E-state index >= 15 is 0 Å². The van der Waals surface area contributed by atoms with E-state index in [-0.39, 0.29) is 10.8 Å². The zero-order chi connectivity index (χ0) is 37.1. The SMILES string of the molecule is CC1(C)c2ccccc2-c2c(N(c3ccc(-c4cccc5ccc6ccc7ccccc7c6c45)cc3)c3cccc4c3-c3ccccc3C4(C)C)cccc21. The van der Waals surface area contributed by atoms with Crippen molar-refractivity contribution in [1.29, 1.82) is 0 Å². The van der Waals surface area contributed by atoms with E-state index in [9.17, 15) is 0 Å². The van der Waals surface area contributed by atoms with Crippen LogP contribution in [-0.4, -0.2) is 0 Å². The molecular weight excluding hydrogens is 663 g/mol. The van der Waals surface area contributed by atoms with E-state index in [2.05, 4.69) is 209 Å². The highest BCUT2D eigenvalue weighted by Gasteiger charge is 2.40. The summed E-state index contributed by atoms with van der Waals surface area (Å²) in [5.41, 5.74) is 16.6. The van der Waals surface area contributed by atoms with Gasteiger partial charge in [0.2, 0.25) is 0 Å². The largest absolute Gasteiger partial charge is 0.309 e. The van der Waals surface area contributed by atoms with Gasteiger partial charge in [-0.3, -0.25) is 0 Å². The van der Waals surface area contributed by atoms with Crippen molar-refractivity contribution in [2.75, 3.05) is 4.90 Å². The van der Waals surface area contributed by atoms with Gasteiger partial charge in [0.25, 0.3) is 0 Å². The third-order valence-corrected chi connectivity index (χ3v) is 12.8. The Morgan fingerprint density at radius 3 is 1.42 bits per heavy atom. The second-order valence-corrected chi connectivity index (χ2v) is 16.5. The fourth-order valence-corrected chi connectivity index (χ4v) is 10.2. The molecule has 0 N–H and O–H groups in total. The molecule has 0 unspecified atom stereocenters. The van der Waals surface area contributed by atoms with Crippen LogP contribution in [0.5, 0.6) is 0 Å². The molecule has 0 spiro atoms. The van der Waals surface area contributed by atoms with Gasteiger partial charge >= 0.3 is 0 Å². The van der Waals surface area contributed by atoms with Gasteiger partial charge in [-0.25, -0.2) is 0 Å². The maximum absolute atomic E-state index is 2.55. The van der Waals surface area contributed by atoms with E-state index in [0.29, 0.717) is 0 Å². The zero-order valence-corrected chi connectivity index (χ0v) is 31.7. The maximum atomic E-state index is 2.55. The molecule has 0 heterocycles. The normalized spacial score (nSPS) is 14.5. The van der Waals surface area contributed by atoms with Crippen LogP contribution < -0.4 is 4.90 Å². The summed E-state index contributed by atoms with van der Waals surface area (Å²) in [5.74, 6) is 0. The lowest BCUT2D eigenvalue weighted by molar-refractivity contribution is 0.660. The summed E-state index contributed by atoms with van der Waals surface area (Å²) in [6.45, 7) is 9.49. The minimum Gasteiger partial charge on any atom is -0.309 e. The molecule has 9 aromatic carbocycles. The standard InChI is InChI=1S/C54H41N/c1-53(2)43-20-9-7-17-41(43)51-45(53)22-12-24-47(51)55(48-25-13-23-46-52(48)42-18-8-10-21-44(42)54(46,3)4)38-32-30-35(31-33-38)40-19-11-15-36-28-29-37-27-26-34-14-5-6-16-39(34)50(37)49(36)40/h5-33H,1-4H3. The molecule has 0 saturated heterocycles. The summed E-state index contributed by atoms with van der Waals surface area (Å²) in [7, 11) is 0. The van der Waals surface area contributed by atoms with Gasteiger partial charge in [0, 0.05) is 27.6 Å². The van der Waals surface area contributed by atoms with E-state index in [1.165, 1.54) is 99.3 Å². The Balaban J connectivity index is 1.16. The second kappa shape index (κ2) is 11.5. The second-order valence-electron chi connectivity index (χ2n) is 16.5. The Morgan fingerprint density at radius 1 is 0.345 bits per heavy atom. The Kier molecular flexibility index (Phi) is 6.72. The molecule has 0 aromatic heterocycles. The molecule has 0 aliphatic heterocycles. The maximum Gasteiger partial charge on any atom is 0.0543 e. The average molecular weight is 704 g/mol. The quantitative estimate of drug-likeness (QED) is 0.165. The Bertz CT molecular complexity index is 2920. The Labute approximate surface area is 323 Å². The molecule has 1 nitrogen and oxygen atoms in total. The van der Waals surface area contributed by atoms with E-state index in [1.807, 2.05) is 0 Å². The van der Waals surface area contributed by atoms with Gasteiger partial charge in [-0.05, 0) is 101 Å². The van der Waals surface area contributed by atoms with Gasteiger partial charge in [-0.15, -0.1) is 0 Å². The summed E-state index contributed by atoms with van der Waals surface area (Å²) in [6.07, 6.45) is 0. The first-order chi connectivity index (χ1) is 26.8. The molecule has 11 rings (SSSR count). The molecule has 2 aliphatic carbocycles. The summed E-state index contributed by atoms with van der Waals surface area (Å²) >= 11 is 0. The van der Waals surface area contributed by atoms with Gasteiger partial charge in [-0.2, -0.15) is 0 Å². The van der Waals surface area contributed by atoms with E-state index in [1.54, 1.807) is 0 Å². The van der Waals surface area contributed by atoms with Crippen molar-refractivity contribution in [3.63, 3.8) is 0 Å². The van der Waals surface area contributed by atoms with Crippen LogP contribution in [0.25, 0.3) is 65.7 Å². The van der Waals surface area contributed by atoms with Crippen molar-refractivity contribution >= 4 is 49.4 Å². The van der Waals surface area contributed by atoms with Crippen LogP contribution in [0.1, 0.15) is 49.9 Å². The van der Waals surface area contributed by atoms with E-state index in [4.69, 9.17) is 0 Å². The molecule has 1 heteroatoms. The Morgan fingerprint density at radius 2 is 0.800 bits per heavy atom. The smallest absolute Gasteiger partial charge is 0.0543 e. The number of benzene rings is 9. The summed E-state index contributed by atoms with van der Waals surface area (Å²) in [4.78, 5) is 2.55. The molecule has 262 valence electrons. The van der Waals surface area contributed by atoms with Gasteiger partial charge in [0.1, 0.15) is 0 Å². The summed E-state index contributed by atoms with van der Waals surface area (Å²) < 4.78 is 0. The molecule has 0 radical (unpaired) electrons. The summed E-state index contributed by atoms with van der Waals surface area (Å²) in [5, 5.41) is 7.71. The van der Waals surface area contributed by atoms with Crippen molar-refractivity contribution in [1.82, 2.24) is 0 Å². The minimum atomic E-state index is -0.105. The van der Waals surface area contributed by atoms with E-state index < -0.39 is 0 Å². The highest BCUT2D eigenvalue weighted by molar-refractivity contribution is 6.24.